The third-order valence-corrected chi connectivity index (χ3v) is 2.20. The zero-order valence-electron chi connectivity index (χ0n) is 10.4. The molecule has 0 bridgehead atoms. The number of benzene rings is 1. The second-order valence-corrected chi connectivity index (χ2v) is 3.73. The largest absolute Gasteiger partial charge is 0.493 e. The van der Waals surface area contributed by atoms with E-state index in [4.69, 9.17) is 14.6 Å². The molecular weight excluding hydrogens is 260 g/mol. The Morgan fingerprint density at radius 1 is 1.37 bits per heavy atom. The van der Waals surface area contributed by atoms with Crippen LogP contribution >= 0.6 is 0 Å². The minimum Gasteiger partial charge on any atom is -0.493 e. The van der Waals surface area contributed by atoms with Gasteiger partial charge in [0.2, 0.25) is 0 Å². The molecule has 5 nitrogen and oxygen atoms in total. The Labute approximate surface area is 109 Å². The van der Waals surface area contributed by atoms with Crippen LogP contribution in [-0.2, 0) is 4.79 Å². The standard InChI is InChI=1S/C12H15F2NO4/c1-18-9-4-2-3-5-10(9)19-6-11(17)15-7-12(13,14)8-16/h2-5,16H,6-8H2,1H3,(H,15,17). The van der Waals surface area contributed by atoms with Gasteiger partial charge in [-0.1, -0.05) is 12.1 Å². The Bertz CT molecular complexity index is 426. The number of carbonyl (C=O) groups excluding carboxylic acids is 1. The van der Waals surface area contributed by atoms with Crippen molar-refractivity contribution in [2.75, 3.05) is 26.9 Å². The highest BCUT2D eigenvalue weighted by Gasteiger charge is 2.28. The summed E-state index contributed by atoms with van der Waals surface area (Å²) in [6.45, 7) is -2.67. The maximum Gasteiger partial charge on any atom is 0.287 e. The van der Waals surface area contributed by atoms with Crippen LogP contribution in [-0.4, -0.2) is 43.8 Å². The number of hydrogen-bond donors (Lipinski definition) is 2. The van der Waals surface area contributed by atoms with Crippen LogP contribution in [0.3, 0.4) is 0 Å². The molecule has 0 heterocycles. The number of methoxy groups -OCH3 is 1. The Hall–Kier alpha value is -1.89. The van der Waals surface area contributed by atoms with E-state index < -0.39 is 31.6 Å². The topological polar surface area (TPSA) is 67.8 Å². The highest BCUT2D eigenvalue weighted by Crippen LogP contribution is 2.25. The fraction of sp³-hybridized carbons (Fsp3) is 0.417. The molecule has 7 heteroatoms. The Morgan fingerprint density at radius 3 is 2.58 bits per heavy atom. The van der Waals surface area contributed by atoms with Crippen LogP contribution in [0.5, 0.6) is 11.5 Å². The monoisotopic (exact) mass is 275 g/mol. The molecule has 0 aliphatic rings. The van der Waals surface area contributed by atoms with E-state index in [0.29, 0.717) is 11.5 Å². The maximum absolute atomic E-state index is 12.7. The van der Waals surface area contributed by atoms with Gasteiger partial charge >= 0.3 is 0 Å². The Morgan fingerprint density at radius 2 is 2.00 bits per heavy atom. The van der Waals surface area contributed by atoms with Crippen LogP contribution < -0.4 is 14.8 Å². The van der Waals surface area contributed by atoms with Gasteiger partial charge in [0.05, 0.1) is 13.7 Å². The lowest BCUT2D eigenvalue weighted by atomic mass is 10.3. The fourth-order valence-electron chi connectivity index (χ4n) is 1.22. The molecule has 0 radical (unpaired) electrons. The molecule has 0 aliphatic heterocycles. The molecule has 0 aromatic heterocycles. The van der Waals surface area contributed by atoms with Crippen molar-refractivity contribution in [1.29, 1.82) is 0 Å². The highest BCUT2D eigenvalue weighted by atomic mass is 19.3. The maximum atomic E-state index is 12.7. The smallest absolute Gasteiger partial charge is 0.287 e. The van der Waals surface area contributed by atoms with Gasteiger partial charge in [0, 0.05) is 0 Å². The van der Waals surface area contributed by atoms with Crippen molar-refractivity contribution < 1.29 is 28.2 Å². The van der Waals surface area contributed by atoms with Crippen molar-refractivity contribution >= 4 is 5.91 Å². The molecule has 0 spiro atoms. The van der Waals surface area contributed by atoms with Gasteiger partial charge in [-0.3, -0.25) is 4.79 Å². The third-order valence-electron chi connectivity index (χ3n) is 2.20. The number of aliphatic hydroxyl groups excluding tert-OH is 1. The first-order chi connectivity index (χ1) is 8.98. The van der Waals surface area contributed by atoms with Gasteiger partial charge in [0.1, 0.15) is 6.61 Å². The van der Waals surface area contributed by atoms with Gasteiger partial charge in [-0.05, 0) is 12.1 Å². The summed E-state index contributed by atoms with van der Waals surface area (Å²) in [4.78, 5) is 11.3. The zero-order chi connectivity index (χ0) is 14.3. The molecular formula is C12H15F2NO4. The molecule has 19 heavy (non-hydrogen) atoms. The summed E-state index contributed by atoms with van der Waals surface area (Å²) in [6.07, 6.45) is 0. The second kappa shape index (κ2) is 6.89. The summed E-state index contributed by atoms with van der Waals surface area (Å²) in [6, 6.07) is 6.66. The van der Waals surface area contributed by atoms with Crippen molar-refractivity contribution in [1.82, 2.24) is 5.32 Å². The van der Waals surface area contributed by atoms with Crippen molar-refractivity contribution in [3.05, 3.63) is 24.3 Å². The van der Waals surface area contributed by atoms with Crippen LogP contribution in [0, 0.1) is 0 Å². The molecule has 106 valence electrons. The average molecular weight is 275 g/mol. The van der Waals surface area contributed by atoms with Crippen LogP contribution in [0.2, 0.25) is 0 Å². The van der Waals surface area contributed by atoms with E-state index >= 15 is 0 Å². The van der Waals surface area contributed by atoms with E-state index in [1.54, 1.807) is 24.3 Å². The first kappa shape index (κ1) is 15.2. The van der Waals surface area contributed by atoms with Crippen LogP contribution in [0.15, 0.2) is 24.3 Å². The first-order valence-corrected chi connectivity index (χ1v) is 5.50. The lowest BCUT2D eigenvalue weighted by Crippen LogP contribution is -2.40. The summed E-state index contributed by atoms with van der Waals surface area (Å²) in [5.41, 5.74) is 0. The van der Waals surface area contributed by atoms with Crippen LogP contribution in [0.25, 0.3) is 0 Å². The number of amides is 1. The molecule has 0 aliphatic carbocycles. The zero-order valence-corrected chi connectivity index (χ0v) is 10.4. The number of alkyl halides is 2. The molecule has 0 saturated heterocycles. The molecule has 0 saturated carbocycles. The fourth-order valence-corrected chi connectivity index (χ4v) is 1.22. The lowest BCUT2D eigenvalue weighted by Gasteiger charge is -2.14. The number of aliphatic hydroxyl groups is 1. The van der Waals surface area contributed by atoms with Gasteiger partial charge in [0.15, 0.2) is 18.1 Å². The summed E-state index contributed by atoms with van der Waals surface area (Å²) in [5.74, 6) is -3.26. The van der Waals surface area contributed by atoms with Gasteiger partial charge in [0.25, 0.3) is 11.8 Å². The number of rotatable bonds is 7. The average Bonchev–Trinajstić information content (AvgIpc) is 2.43. The number of para-hydroxylation sites is 2. The van der Waals surface area contributed by atoms with E-state index in [0.717, 1.165) is 0 Å². The molecule has 0 unspecified atom stereocenters. The van der Waals surface area contributed by atoms with Gasteiger partial charge in [-0.15, -0.1) is 0 Å². The van der Waals surface area contributed by atoms with E-state index in [9.17, 15) is 13.6 Å². The molecule has 1 aromatic rings. The summed E-state index contributed by atoms with van der Waals surface area (Å²) in [5, 5.41) is 10.3. The SMILES string of the molecule is COc1ccccc1OCC(=O)NCC(F)(F)CO. The van der Waals surface area contributed by atoms with E-state index in [1.807, 2.05) is 5.32 Å². The quantitative estimate of drug-likeness (QED) is 0.773. The van der Waals surface area contributed by atoms with Crippen LogP contribution in [0.4, 0.5) is 8.78 Å². The predicted octanol–water partition coefficient (Wildman–Crippen LogP) is 0.818. The highest BCUT2D eigenvalue weighted by molar-refractivity contribution is 5.77. The predicted molar refractivity (Wildman–Crippen MR) is 63.5 cm³/mol. The van der Waals surface area contributed by atoms with Gasteiger partial charge in [-0.2, -0.15) is 0 Å². The normalized spacial score (nSPS) is 10.9. The Kier molecular flexibility index (Phi) is 5.50. The number of carbonyl (C=O) groups is 1. The van der Waals surface area contributed by atoms with E-state index in [-0.39, 0.29) is 0 Å². The molecule has 1 aromatic carbocycles. The molecule has 1 rings (SSSR count). The van der Waals surface area contributed by atoms with Gasteiger partial charge < -0.3 is 19.9 Å². The molecule has 1 amide bonds. The lowest BCUT2D eigenvalue weighted by molar-refractivity contribution is -0.126. The molecule has 0 fully saturated rings. The molecule has 2 N–H and O–H groups in total. The van der Waals surface area contributed by atoms with Crippen molar-refractivity contribution in [3.63, 3.8) is 0 Å². The van der Waals surface area contributed by atoms with E-state index in [2.05, 4.69) is 0 Å². The Balaban J connectivity index is 2.42. The van der Waals surface area contributed by atoms with E-state index in [1.165, 1.54) is 7.11 Å². The number of halogens is 2. The molecule has 0 atom stereocenters. The van der Waals surface area contributed by atoms with Gasteiger partial charge in [-0.25, -0.2) is 8.78 Å². The number of ether oxygens (including phenoxy) is 2. The third kappa shape index (κ3) is 5.09. The minimum atomic E-state index is -3.33. The second-order valence-electron chi connectivity index (χ2n) is 3.73. The van der Waals surface area contributed by atoms with Crippen molar-refractivity contribution in [2.45, 2.75) is 5.92 Å². The minimum absolute atomic E-state index is 0.342. The van der Waals surface area contributed by atoms with Crippen molar-refractivity contribution in [3.8, 4) is 11.5 Å². The van der Waals surface area contributed by atoms with Crippen LogP contribution in [0.1, 0.15) is 0 Å². The summed E-state index contributed by atoms with van der Waals surface area (Å²) >= 11 is 0. The summed E-state index contributed by atoms with van der Waals surface area (Å²) < 4.78 is 35.5. The first-order valence-electron chi connectivity index (χ1n) is 5.50. The summed E-state index contributed by atoms with van der Waals surface area (Å²) in [7, 11) is 1.45. The number of hydrogen-bond acceptors (Lipinski definition) is 4. The number of nitrogens with one attached hydrogen (secondary N) is 1. The van der Waals surface area contributed by atoms with Crippen molar-refractivity contribution in [2.24, 2.45) is 0 Å².